The molecule has 0 aliphatic rings. The first kappa shape index (κ1) is 16.2. The largest absolute Gasteiger partial charge is 0.463 e. The number of aromatic amines is 1. The highest BCUT2D eigenvalue weighted by Gasteiger charge is 2.14. The number of hydrogen-bond donors (Lipinski definition) is 3. The predicted octanol–water partition coefficient (Wildman–Crippen LogP) is 3.19. The number of carbonyl (C=O) groups is 2. The summed E-state index contributed by atoms with van der Waals surface area (Å²) in [5, 5.41) is 11.5. The predicted molar refractivity (Wildman–Crippen MR) is 89.5 cm³/mol. The van der Waals surface area contributed by atoms with Crippen molar-refractivity contribution in [2.24, 2.45) is 0 Å². The van der Waals surface area contributed by atoms with E-state index in [2.05, 4.69) is 27.4 Å². The molecule has 0 aliphatic carbocycles. The number of furan rings is 1. The molecule has 2 heterocycles. The fraction of sp³-hybridized carbons (Fsp3) is 0. The topological polar surface area (TPSA) is 100 Å². The summed E-state index contributed by atoms with van der Waals surface area (Å²) in [5.74, 6) is -1.14. The van der Waals surface area contributed by atoms with E-state index >= 15 is 0 Å². The third-order valence-corrected chi connectivity index (χ3v) is 3.26. The molecule has 0 saturated carbocycles. The Morgan fingerprint density at radius 3 is 2.80 bits per heavy atom. The van der Waals surface area contributed by atoms with Crippen LogP contribution in [-0.4, -0.2) is 22.0 Å². The number of halogens is 1. The lowest BCUT2D eigenvalue weighted by molar-refractivity contribution is -0.111. The van der Waals surface area contributed by atoms with Crippen LogP contribution in [0.25, 0.3) is 11.5 Å². The average molecular weight is 340 g/mol. The first-order valence-corrected chi connectivity index (χ1v) is 7.20. The third-order valence-electron chi connectivity index (χ3n) is 3.26. The van der Waals surface area contributed by atoms with Crippen molar-refractivity contribution in [2.45, 2.75) is 0 Å². The van der Waals surface area contributed by atoms with E-state index in [4.69, 9.17) is 4.42 Å². The second kappa shape index (κ2) is 6.83. The van der Waals surface area contributed by atoms with E-state index in [1.54, 1.807) is 12.1 Å². The number of aromatic nitrogens is 2. The van der Waals surface area contributed by atoms with Crippen molar-refractivity contribution in [1.82, 2.24) is 10.2 Å². The molecule has 0 fully saturated rings. The van der Waals surface area contributed by atoms with E-state index in [9.17, 15) is 14.0 Å². The van der Waals surface area contributed by atoms with Gasteiger partial charge in [-0.05, 0) is 36.4 Å². The van der Waals surface area contributed by atoms with Crippen LogP contribution >= 0.6 is 0 Å². The van der Waals surface area contributed by atoms with E-state index in [-0.39, 0.29) is 11.4 Å². The molecule has 25 heavy (non-hydrogen) atoms. The Kier molecular flexibility index (Phi) is 4.42. The van der Waals surface area contributed by atoms with Gasteiger partial charge in [-0.3, -0.25) is 14.7 Å². The second-order valence-electron chi connectivity index (χ2n) is 4.99. The summed E-state index contributed by atoms with van der Waals surface area (Å²) in [6.45, 7) is 3.30. The molecule has 8 heteroatoms. The van der Waals surface area contributed by atoms with Crippen molar-refractivity contribution < 1.29 is 18.4 Å². The molecule has 3 rings (SSSR count). The Bertz CT molecular complexity index is 931. The van der Waals surface area contributed by atoms with Crippen molar-refractivity contribution in [3.63, 3.8) is 0 Å². The fourth-order valence-electron chi connectivity index (χ4n) is 2.07. The van der Waals surface area contributed by atoms with Gasteiger partial charge in [0.05, 0.1) is 12.0 Å². The van der Waals surface area contributed by atoms with Gasteiger partial charge in [-0.1, -0.05) is 6.58 Å². The molecular weight excluding hydrogens is 327 g/mol. The number of amides is 2. The Hall–Kier alpha value is -3.68. The maximum Gasteiger partial charge on any atom is 0.276 e. The number of benzene rings is 1. The third kappa shape index (κ3) is 3.63. The molecule has 3 aromatic rings. The lowest BCUT2D eigenvalue weighted by atomic mass is 10.2. The molecule has 0 bridgehead atoms. The summed E-state index contributed by atoms with van der Waals surface area (Å²) in [6, 6.07) is 8.77. The van der Waals surface area contributed by atoms with Crippen molar-refractivity contribution in [3.8, 4) is 11.5 Å². The van der Waals surface area contributed by atoms with Gasteiger partial charge >= 0.3 is 0 Å². The summed E-state index contributed by atoms with van der Waals surface area (Å²) in [6.07, 6.45) is 2.53. The van der Waals surface area contributed by atoms with E-state index in [0.29, 0.717) is 17.1 Å². The molecular formula is C17H13FN4O3. The standard InChI is InChI=1S/C17H13FN4O3/c1-2-16(23)20-12-8-10(5-6-11(12)18)19-17(24)14-9-13(21-22-14)15-4-3-7-25-15/h2-9H,1H2,(H,19,24)(H,20,23)(H,21,22). The molecule has 0 atom stereocenters. The number of rotatable bonds is 5. The zero-order valence-corrected chi connectivity index (χ0v) is 12.9. The van der Waals surface area contributed by atoms with Gasteiger partial charge in [0.1, 0.15) is 11.5 Å². The van der Waals surface area contributed by atoms with Gasteiger partial charge in [0, 0.05) is 11.8 Å². The molecule has 7 nitrogen and oxygen atoms in total. The minimum absolute atomic E-state index is 0.0685. The molecule has 2 amide bonds. The number of nitrogens with one attached hydrogen (secondary N) is 3. The van der Waals surface area contributed by atoms with Gasteiger partial charge < -0.3 is 15.1 Å². The summed E-state index contributed by atoms with van der Waals surface area (Å²) < 4.78 is 18.9. The summed E-state index contributed by atoms with van der Waals surface area (Å²) in [5.41, 5.74) is 0.912. The minimum Gasteiger partial charge on any atom is -0.463 e. The molecule has 2 aromatic heterocycles. The number of anilines is 2. The Balaban J connectivity index is 1.76. The molecule has 0 saturated heterocycles. The van der Waals surface area contributed by atoms with Gasteiger partial charge in [0.15, 0.2) is 11.5 Å². The first-order valence-electron chi connectivity index (χ1n) is 7.20. The lowest BCUT2D eigenvalue weighted by Gasteiger charge is -2.08. The molecule has 0 radical (unpaired) electrons. The zero-order chi connectivity index (χ0) is 17.8. The van der Waals surface area contributed by atoms with Crippen LogP contribution in [0, 0.1) is 5.82 Å². The van der Waals surface area contributed by atoms with Crippen LogP contribution in [0.5, 0.6) is 0 Å². The monoisotopic (exact) mass is 340 g/mol. The van der Waals surface area contributed by atoms with E-state index in [1.165, 1.54) is 24.5 Å². The first-order chi connectivity index (χ1) is 12.1. The van der Waals surface area contributed by atoms with E-state index in [1.807, 2.05) is 0 Å². The van der Waals surface area contributed by atoms with Gasteiger partial charge in [-0.25, -0.2) is 4.39 Å². The van der Waals surface area contributed by atoms with Crippen LogP contribution < -0.4 is 10.6 Å². The molecule has 126 valence electrons. The van der Waals surface area contributed by atoms with Crippen LogP contribution in [0.15, 0.2) is 59.7 Å². The number of nitrogens with zero attached hydrogens (tertiary/aromatic N) is 1. The smallest absolute Gasteiger partial charge is 0.276 e. The quantitative estimate of drug-likeness (QED) is 0.621. The average Bonchev–Trinajstić information content (AvgIpc) is 3.28. The molecule has 0 unspecified atom stereocenters. The molecule has 3 N–H and O–H groups in total. The van der Waals surface area contributed by atoms with Crippen LogP contribution in [0.2, 0.25) is 0 Å². The van der Waals surface area contributed by atoms with Gasteiger partial charge in [0.2, 0.25) is 5.91 Å². The van der Waals surface area contributed by atoms with E-state index < -0.39 is 17.6 Å². The highest BCUT2D eigenvalue weighted by atomic mass is 19.1. The number of H-pyrrole nitrogens is 1. The van der Waals surface area contributed by atoms with Gasteiger partial charge in [-0.2, -0.15) is 5.10 Å². The minimum atomic E-state index is -0.631. The lowest BCUT2D eigenvalue weighted by Crippen LogP contribution is -2.14. The van der Waals surface area contributed by atoms with Crippen LogP contribution in [0.3, 0.4) is 0 Å². The molecule has 1 aromatic carbocycles. The SMILES string of the molecule is C=CC(=O)Nc1cc(NC(=O)c2cc(-c3ccco3)[nH]n2)ccc1F. The summed E-state index contributed by atoms with van der Waals surface area (Å²) in [4.78, 5) is 23.5. The highest BCUT2D eigenvalue weighted by molar-refractivity contribution is 6.04. The van der Waals surface area contributed by atoms with Crippen molar-refractivity contribution in [1.29, 1.82) is 0 Å². The fourth-order valence-corrected chi connectivity index (χ4v) is 2.07. The number of carbonyl (C=O) groups excluding carboxylic acids is 2. The van der Waals surface area contributed by atoms with E-state index in [0.717, 1.165) is 12.1 Å². The highest BCUT2D eigenvalue weighted by Crippen LogP contribution is 2.21. The van der Waals surface area contributed by atoms with Crippen molar-refractivity contribution in [3.05, 3.63) is 66.8 Å². The second-order valence-corrected chi connectivity index (χ2v) is 4.99. The van der Waals surface area contributed by atoms with Crippen LogP contribution in [0.1, 0.15) is 10.5 Å². The number of hydrogen-bond acceptors (Lipinski definition) is 4. The maximum absolute atomic E-state index is 13.7. The van der Waals surface area contributed by atoms with Crippen LogP contribution in [-0.2, 0) is 4.79 Å². The van der Waals surface area contributed by atoms with Crippen molar-refractivity contribution in [2.75, 3.05) is 10.6 Å². The van der Waals surface area contributed by atoms with Crippen LogP contribution in [0.4, 0.5) is 15.8 Å². The normalized spacial score (nSPS) is 10.3. The Labute approximate surface area is 141 Å². The zero-order valence-electron chi connectivity index (χ0n) is 12.9. The summed E-state index contributed by atoms with van der Waals surface area (Å²) >= 11 is 0. The van der Waals surface area contributed by atoms with Crippen molar-refractivity contribution >= 4 is 23.2 Å². The van der Waals surface area contributed by atoms with Gasteiger partial charge in [0.25, 0.3) is 5.91 Å². The summed E-state index contributed by atoms with van der Waals surface area (Å²) in [7, 11) is 0. The molecule has 0 aliphatic heterocycles. The maximum atomic E-state index is 13.7. The van der Waals surface area contributed by atoms with Gasteiger partial charge in [-0.15, -0.1) is 0 Å². The Morgan fingerprint density at radius 2 is 2.08 bits per heavy atom. The molecule has 0 spiro atoms. The Morgan fingerprint density at radius 1 is 1.24 bits per heavy atom.